The lowest BCUT2D eigenvalue weighted by molar-refractivity contribution is -0.137. The van der Waals surface area contributed by atoms with Crippen LogP contribution in [-0.2, 0) is 12.7 Å². The number of benzene rings is 4. The van der Waals surface area contributed by atoms with Crippen molar-refractivity contribution in [2.75, 3.05) is 22.5 Å². The number of alkyl halides is 3. The van der Waals surface area contributed by atoms with Crippen molar-refractivity contribution >= 4 is 57.0 Å². The van der Waals surface area contributed by atoms with E-state index in [9.17, 15) is 22.8 Å². The van der Waals surface area contributed by atoms with Crippen molar-refractivity contribution in [1.82, 2.24) is 4.90 Å². The summed E-state index contributed by atoms with van der Waals surface area (Å²) in [4.78, 5) is 26.9. The highest BCUT2D eigenvalue weighted by molar-refractivity contribution is 7.80. The van der Waals surface area contributed by atoms with Crippen molar-refractivity contribution < 1.29 is 22.8 Å². The summed E-state index contributed by atoms with van der Waals surface area (Å²) in [6.07, 6.45) is -4.39. The minimum Gasteiger partial charge on any atom is -0.380 e. The Morgan fingerprint density at radius 2 is 1.41 bits per heavy atom. The number of anilines is 3. The number of thiocarbonyl (C=S) groups is 1. The molecule has 4 aromatic carbocycles. The molecular formula is C29H23F3N4O2S. The Kier molecular flexibility index (Phi) is 6.96. The zero-order chi connectivity index (χ0) is 27.7. The number of hydrogen-bond donors (Lipinski definition) is 3. The van der Waals surface area contributed by atoms with Crippen LogP contribution in [0.15, 0.2) is 78.9 Å². The summed E-state index contributed by atoms with van der Waals surface area (Å²) < 4.78 is 38.2. The average Bonchev–Trinajstić information content (AvgIpc) is 2.91. The second-order valence-corrected chi connectivity index (χ2v) is 9.36. The van der Waals surface area contributed by atoms with E-state index in [0.717, 1.165) is 28.8 Å². The van der Waals surface area contributed by atoms with Crippen LogP contribution < -0.4 is 16.0 Å². The van der Waals surface area contributed by atoms with Gasteiger partial charge in [0, 0.05) is 52.1 Å². The Balaban J connectivity index is 1.24. The number of amides is 2. The maximum atomic E-state index is 12.8. The van der Waals surface area contributed by atoms with Crippen molar-refractivity contribution in [3.8, 4) is 0 Å². The standard InChI is InChI=1S/C29H23F3N4O2S/c1-2-36-26(37)22-5-3-4-21-24(15-14-23(25(21)22)27(36)38)33-16-17-6-10-19(11-7-17)34-28(39)35-20-12-8-18(9-13-20)29(30,31)32/h3-15,33H,2,16H2,1H3,(H2,34,35,39). The predicted octanol–water partition coefficient (Wildman–Crippen LogP) is 6.90. The summed E-state index contributed by atoms with van der Waals surface area (Å²) in [5.41, 5.74) is 3.24. The summed E-state index contributed by atoms with van der Waals surface area (Å²) in [5, 5.41) is 11.0. The molecule has 0 radical (unpaired) electrons. The lowest BCUT2D eigenvalue weighted by atomic mass is 9.93. The first-order valence-corrected chi connectivity index (χ1v) is 12.6. The fourth-order valence-corrected chi connectivity index (χ4v) is 4.76. The lowest BCUT2D eigenvalue weighted by Gasteiger charge is -2.26. The predicted molar refractivity (Wildman–Crippen MR) is 150 cm³/mol. The highest BCUT2D eigenvalue weighted by Crippen LogP contribution is 2.34. The molecule has 3 N–H and O–H groups in total. The second kappa shape index (κ2) is 10.4. The fourth-order valence-electron chi connectivity index (χ4n) is 4.53. The summed E-state index contributed by atoms with van der Waals surface area (Å²) in [5.74, 6) is -0.571. The molecular weight excluding hydrogens is 525 g/mol. The third-order valence-electron chi connectivity index (χ3n) is 6.47. The van der Waals surface area contributed by atoms with E-state index >= 15 is 0 Å². The van der Waals surface area contributed by atoms with Gasteiger partial charge in [-0.2, -0.15) is 13.2 Å². The molecule has 1 aliphatic rings. The summed E-state index contributed by atoms with van der Waals surface area (Å²) in [6, 6.07) is 21.2. The van der Waals surface area contributed by atoms with Gasteiger partial charge in [0.1, 0.15) is 0 Å². The topological polar surface area (TPSA) is 73.5 Å². The molecule has 0 spiro atoms. The number of hydrogen-bond acceptors (Lipinski definition) is 4. The van der Waals surface area contributed by atoms with Gasteiger partial charge < -0.3 is 16.0 Å². The number of carbonyl (C=O) groups is 2. The normalized spacial score (nSPS) is 13.0. The van der Waals surface area contributed by atoms with E-state index in [-0.39, 0.29) is 16.9 Å². The Morgan fingerprint density at radius 1 is 0.821 bits per heavy atom. The van der Waals surface area contributed by atoms with E-state index in [0.29, 0.717) is 41.0 Å². The highest BCUT2D eigenvalue weighted by Gasteiger charge is 2.32. The molecule has 6 nitrogen and oxygen atoms in total. The Labute approximate surface area is 227 Å². The highest BCUT2D eigenvalue weighted by atomic mass is 32.1. The van der Waals surface area contributed by atoms with Crippen LogP contribution in [0.5, 0.6) is 0 Å². The molecule has 2 amide bonds. The van der Waals surface area contributed by atoms with Gasteiger partial charge in [-0.1, -0.05) is 24.3 Å². The molecule has 5 rings (SSSR count). The van der Waals surface area contributed by atoms with Crippen LogP contribution in [0.4, 0.5) is 30.2 Å². The molecule has 4 aromatic rings. The van der Waals surface area contributed by atoms with Gasteiger partial charge in [0.25, 0.3) is 11.8 Å². The molecule has 0 saturated heterocycles. The molecule has 0 unspecified atom stereocenters. The minimum atomic E-state index is -4.39. The zero-order valence-electron chi connectivity index (χ0n) is 20.7. The first-order valence-electron chi connectivity index (χ1n) is 12.2. The number of nitrogens with one attached hydrogen (secondary N) is 3. The Morgan fingerprint density at radius 3 is 2.00 bits per heavy atom. The minimum absolute atomic E-state index is 0.246. The van der Waals surface area contributed by atoms with E-state index in [4.69, 9.17) is 12.2 Å². The molecule has 1 heterocycles. The second-order valence-electron chi connectivity index (χ2n) is 8.95. The van der Waals surface area contributed by atoms with E-state index < -0.39 is 11.7 Å². The van der Waals surface area contributed by atoms with Crippen LogP contribution in [0.3, 0.4) is 0 Å². The maximum Gasteiger partial charge on any atom is 0.416 e. The van der Waals surface area contributed by atoms with Gasteiger partial charge in [0.2, 0.25) is 0 Å². The SMILES string of the molecule is CCN1C(=O)c2cccc3c(NCc4ccc(NC(=S)Nc5ccc(C(F)(F)F)cc5)cc4)ccc(c23)C1=O. The van der Waals surface area contributed by atoms with E-state index in [1.54, 1.807) is 19.1 Å². The molecule has 0 fully saturated rings. The Hall–Kier alpha value is -4.44. The molecule has 198 valence electrons. The van der Waals surface area contributed by atoms with Crippen molar-refractivity contribution in [3.05, 3.63) is 101 Å². The average molecular weight is 549 g/mol. The molecule has 0 atom stereocenters. The Bertz CT molecular complexity index is 1560. The molecule has 10 heteroatoms. The van der Waals surface area contributed by atoms with Crippen molar-refractivity contribution in [2.24, 2.45) is 0 Å². The molecule has 1 aliphatic heterocycles. The van der Waals surface area contributed by atoms with Crippen LogP contribution in [0, 0.1) is 0 Å². The van der Waals surface area contributed by atoms with Gasteiger partial charge in [-0.15, -0.1) is 0 Å². The quantitative estimate of drug-likeness (QED) is 0.180. The summed E-state index contributed by atoms with van der Waals surface area (Å²) in [7, 11) is 0. The fraction of sp³-hybridized carbons (Fsp3) is 0.138. The molecule has 39 heavy (non-hydrogen) atoms. The van der Waals surface area contributed by atoms with E-state index in [2.05, 4.69) is 16.0 Å². The lowest BCUT2D eigenvalue weighted by Crippen LogP contribution is -2.40. The van der Waals surface area contributed by atoms with E-state index in [1.165, 1.54) is 17.0 Å². The number of nitrogens with zero attached hydrogens (tertiary/aromatic N) is 1. The van der Waals surface area contributed by atoms with Crippen LogP contribution in [0.2, 0.25) is 0 Å². The third-order valence-corrected chi connectivity index (χ3v) is 6.68. The van der Waals surface area contributed by atoms with E-state index in [1.807, 2.05) is 42.5 Å². The zero-order valence-corrected chi connectivity index (χ0v) is 21.5. The van der Waals surface area contributed by atoms with Gasteiger partial charge in [-0.25, -0.2) is 0 Å². The van der Waals surface area contributed by atoms with Gasteiger partial charge in [0.15, 0.2) is 5.11 Å². The van der Waals surface area contributed by atoms with Gasteiger partial charge in [-0.3, -0.25) is 14.5 Å². The van der Waals surface area contributed by atoms with Gasteiger partial charge in [-0.05, 0) is 79.3 Å². The maximum absolute atomic E-state index is 12.8. The monoisotopic (exact) mass is 548 g/mol. The van der Waals surface area contributed by atoms with Crippen LogP contribution in [0.25, 0.3) is 10.8 Å². The molecule has 0 saturated carbocycles. The molecule has 0 aliphatic carbocycles. The number of carbonyl (C=O) groups excluding carboxylic acids is 2. The molecule has 0 aromatic heterocycles. The third kappa shape index (κ3) is 5.28. The van der Waals surface area contributed by atoms with Crippen LogP contribution in [-0.4, -0.2) is 28.4 Å². The first kappa shape index (κ1) is 26.2. The van der Waals surface area contributed by atoms with Crippen LogP contribution in [0.1, 0.15) is 38.8 Å². The summed E-state index contributed by atoms with van der Waals surface area (Å²) in [6.45, 7) is 2.59. The summed E-state index contributed by atoms with van der Waals surface area (Å²) >= 11 is 5.28. The molecule has 0 bridgehead atoms. The first-order chi connectivity index (χ1) is 18.7. The van der Waals surface area contributed by atoms with Crippen molar-refractivity contribution in [2.45, 2.75) is 19.6 Å². The van der Waals surface area contributed by atoms with Crippen molar-refractivity contribution in [1.29, 1.82) is 0 Å². The number of imide groups is 1. The van der Waals surface area contributed by atoms with Gasteiger partial charge in [0.05, 0.1) is 5.56 Å². The smallest absolute Gasteiger partial charge is 0.380 e. The van der Waals surface area contributed by atoms with Crippen LogP contribution >= 0.6 is 12.2 Å². The number of rotatable bonds is 6. The van der Waals surface area contributed by atoms with Gasteiger partial charge >= 0.3 is 6.18 Å². The largest absolute Gasteiger partial charge is 0.416 e. The van der Waals surface area contributed by atoms with Crippen molar-refractivity contribution in [3.63, 3.8) is 0 Å². The number of halogens is 3.